The fraction of sp³-hybridized carbons (Fsp3) is 0.190. The molecule has 0 spiro atoms. The van der Waals surface area contributed by atoms with Crippen LogP contribution in [-0.2, 0) is 16.5 Å². The molecule has 0 bridgehead atoms. The van der Waals surface area contributed by atoms with E-state index < -0.39 is 28.7 Å². The molecule has 2 aromatic carbocycles. The Morgan fingerprint density at radius 2 is 1.70 bits per heavy atom. The lowest BCUT2D eigenvalue weighted by Gasteiger charge is -2.26. The van der Waals surface area contributed by atoms with Crippen LogP contribution in [0.4, 0.5) is 18.9 Å². The van der Waals surface area contributed by atoms with Gasteiger partial charge in [0.1, 0.15) is 5.54 Å². The number of carbonyl (C=O) groups is 1. The van der Waals surface area contributed by atoms with E-state index >= 15 is 0 Å². The molecule has 1 amide bonds. The SMILES string of the molecule is CC(C)(C(=O)Nc1cc(C(F)(F)F)ccc1Cl)n1nc(-c2ccccc2)ccc1=O. The Kier molecular flexibility index (Phi) is 5.72. The van der Waals surface area contributed by atoms with E-state index in [1.807, 2.05) is 6.07 Å². The Labute approximate surface area is 175 Å². The van der Waals surface area contributed by atoms with Crippen LogP contribution in [0.25, 0.3) is 11.3 Å². The van der Waals surface area contributed by atoms with Gasteiger partial charge in [0.25, 0.3) is 11.5 Å². The van der Waals surface area contributed by atoms with Gasteiger partial charge in [-0.05, 0) is 38.1 Å². The van der Waals surface area contributed by atoms with Crippen LogP contribution >= 0.6 is 11.6 Å². The molecule has 1 N–H and O–H groups in total. The second-order valence-corrected chi connectivity index (χ2v) is 7.45. The number of hydrogen-bond donors (Lipinski definition) is 1. The number of nitrogens with zero attached hydrogens (tertiary/aromatic N) is 2. The van der Waals surface area contributed by atoms with Crippen molar-refractivity contribution in [2.45, 2.75) is 25.6 Å². The number of alkyl halides is 3. The summed E-state index contributed by atoms with van der Waals surface area (Å²) in [6.45, 7) is 2.88. The van der Waals surface area contributed by atoms with Crippen molar-refractivity contribution < 1.29 is 18.0 Å². The van der Waals surface area contributed by atoms with Crippen molar-refractivity contribution >= 4 is 23.2 Å². The number of anilines is 1. The van der Waals surface area contributed by atoms with E-state index in [-0.39, 0.29) is 10.7 Å². The number of carbonyl (C=O) groups excluding carboxylic acids is 1. The van der Waals surface area contributed by atoms with Crippen LogP contribution in [0.3, 0.4) is 0 Å². The molecule has 0 unspecified atom stereocenters. The molecule has 0 atom stereocenters. The van der Waals surface area contributed by atoms with Crippen molar-refractivity contribution in [3.63, 3.8) is 0 Å². The van der Waals surface area contributed by atoms with E-state index in [0.29, 0.717) is 5.69 Å². The Hall–Kier alpha value is -3.13. The second kappa shape index (κ2) is 7.95. The predicted octanol–water partition coefficient (Wildman–Crippen LogP) is 4.96. The van der Waals surface area contributed by atoms with Crippen molar-refractivity contribution in [3.05, 3.63) is 81.6 Å². The van der Waals surface area contributed by atoms with Crippen LogP contribution in [0.1, 0.15) is 19.4 Å². The summed E-state index contributed by atoms with van der Waals surface area (Å²) in [6.07, 6.45) is -4.60. The number of hydrogen-bond acceptors (Lipinski definition) is 3. The molecular formula is C21H17ClF3N3O2. The molecule has 156 valence electrons. The zero-order valence-electron chi connectivity index (χ0n) is 16.0. The van der Waals surface area contributed by atoms with Gasteiger partial charge in [-0.3, -0.25) is 9.59 Å². The van der Waals surface area contributed by atoms with Crippen LogP contribution < -0.4 is 10.9 Å². The average molecular weight is 436 g/mol. The van der Waals surface area contributed by atoms with Gasteiger partial charge < -0.3 is 5.32 Å². The molecule has 3 aromatic rings. The highest BCUT2D eigenvalue weighted by molar-refractivity contribution is 6.33. The highest BCUT2D eigenvalue weighted by Crippen LogP contribution is 2.34. The molecule has 30 heavy (non-hydrogen) atoms. The van der Waals surface area contributed by atoms with E-state index in [1.54, 1.807) is 24.3 Å². The zero-order valence-corrected chi connectivity index (χ0v) is 16.8. The van der Waals surface area contributed by atoms with Crippen molar-refractivity contribution in [2.24, 2.45) is 0 Å². The smallest absolute Gasteiger partial charge is 0.323 e. The Balaban J connectivity index is 1.96. The van der Waals surface area contributed by atoms with E-state index in [1.165, 1.54) is 26.0 Å². The van der Waals surface area contributed by atoms with Gasteiger partial charge >= 0.3 is 6.18 Å². The maximum Gasteiger partial charge on any atom is 0.416 e. The largest absolute Gasteiger partial charge is 0.416 e. The molecule has 0 radical (unpaired) electrons. The molecular weight excluding hydrogens is 419 g/mol. The lowest BCUT2D eigenvalue weighted by atomic mass is 10.0. The van der Waals surface area contributed by atoms with Crippen LogP contribution in [0.15, 0.2) is 65.5 Å². The van der Waals surface area contributed by atoms with Crippen molar-refractivity contribution in [1.82, 2.24) is 9.78 Å². The van der Waals surface area contributed by atoms with E-state index in [4.69, 9.17) is 11.6 Å². The van der Waals surface area contributed by atoms with Gasteiger partial charge in [0.2, 0.25) is 0 Å². The summed E-state index contributed by atoms with van der Waals surface area (Å²) in [7, 11) is 0. The van der Waals surface area contributed by atoms with Gasteiger partial charge in [0, 0.05) is 11.6 Å². The number of aromatic nitrogens is 2. The van der Waals surface area contributed by atoms with E-state index in [9.17, 15) is 22.8 Å². The lowest BCUT2D eigenvalue weighted by molar-refractivity contribution is -0.137. The predicted molar refractivity (Wildman–Crippen MR) is 108 cm³/mol. The summed E-state index contributed by atoms with van der Waals surface area (Å²) < 4.78 is 39.9. The Morgan fingerprint density at radius 3 is 2.33 bits per heavy atom. The molecule has 9 heteroatoms. The molecule has 0 aliphatic rings. The van der Waals surface area contributed by atoms with Crippen LogP contribution in [0.5, 0.6) is 0 Å². The molecule has 0 saturated heterocycles. The van der Waals surface area contributed by atoms with Crippen molar-refractivity contribution in [1.29, 1.82) is 0 Å². The van der Waals surface area contributed by atoms with Crippen LogP contribution in [-0.4, -0.2) is 15.7 Å². The van der Waals surface area contributed by atoms with Gasteiger partial charge in [0.15, 0.2) is 0 Å². The summed E-state index contributed by atoms with van der Waals surface area (Å²) in [4.78, 5) is 25.3. The highest BCUT2D eigenvalue weighted by atomic mass is 35.5. The highest BCUT2D eigenvalue weighted by Gasteiger charge is 2.34. The topological polar surface area (TPSA) is 64.0 Å². The number of nitrogens with one attached hydrogen (secondary N) is 1. The third-order valence-corrected chi connectivity index (χ3v) is 4.83. The number of rotatable bonds is 4. The molecule has 5 nitrogen and oxygen atoms in total. The first-order valence-corrected chi connectivity index (χ1v) is 9.22. The van der Waals surface area contributed by atoms with Gasteiger partial charge in [-0.1, -0.05) is 41.9 Å². The van der Waals surface area contributed by atoms with Gasteiger partial charge in [-0.25, -0.2) is 4.68 Å². The normalized spacial score (nSPS) is 11.9. The molecule has 0 saturated carbocycles. The fourth-order valence-electron chi connectivity index (χ4n) is 2.74. The standard InChI is InChI=1S/C21H17ClF3N3O2/c1-20(2,19(30)26-17-12-14(21(23,24)25)8-9-15(17)22)28-18(29)11-10-16(27-28)13-6-4-3-5-7-13/h3-12H,1-2H3,(H,26,30). The first-order valence-electron chi connectivity index (χ1n) is 8.84. The maximum atomic E-state index is 13.0. The summed E-state index contributed by atoms with van der Waals surface area (Å²) in [5.74, 6) is -0.747. The molecule has 1 aromatic heterocycles. The molecule has 3 rings (SSSR count). The molecule has 1 heterocycles. The van der Waals surface area contributed by atoms with E-state index in [0.717, 1.165) is 28.4 Å². The van der Waals surface area contributed by atoms with Crippen molar-refractivity contribution in [3.8, 4) is 11.3 Å². The first kappa shape index (κ1) is 21.6. The van der Waals surface area contributed by atoms with Gasteiger partial charge in [-0.2, -0.15) is 18.3 Å². The third-order valence-electron chi connectivity index (χ3n) is 4.50. The van der Waals surface area contributed by atoms with Crippen LogP contribution in [0.2, 0.25) is 5.02 Å². The summed E-state index contributed by atoms with van der Waals surface area (Å²) in [5, 5.41) is 6.60. The Morgan fingerprint density at radius 1 is 1.03 bits per heavy atom. The number of halogens is 4. The quantitative estimate of drug-likeness (QED) is 0.630. The van der Waals surface area contributed by atoms with Gasteiger partial charge in [0.05, 0.1) is 22.0 Å². The second-order valence-electron chi connectivity index (χ2n) is 7.04. The summed E-state index contributed by atoms with van der Waals surface area (Å²) in [5.41, 5.74) is -2.01. The fourth-order valence-corrected chi connectivity index (χ4v) is 2.91. The minimum atomic E-state index is -4.60. The number of benzene rings is 2. The van der Waals surface area contributed by atoms with Crippen LogP contribution in [0, 0.1) is 0 Å². The third kappa shape index (κ3) is 4.38. The zero-order chi connectivity index (χ0) is 22.1. The molecule has 0 aliphatic heterocycles. The first-order chi connectivity index (χ1) is 14.0. The lowest BCUT2D eigenvalue weighted by Crippen LogP contribution is -2.47. The number of amides is 1. The summed E-state index contributed by atoms with van der Waals surface area (Å²) >= 11 is 5.96. The molecule has 0 fully saturated rings. The van der Waals surface area contributed by atoms with Crippen molar-refractivity contribution in [2.75, 3.05) is 5.32 Å². The van der Waals surface area contributed by atoms with E-state index in [2.05, 4.69) is 10.4 Å². The molecule has 0 aliphatic carbocycles. The maximum absolute atomic E-state index is 13.0. The Bertz CT molecular complexity index is 1140. The minimum Gasteiger partial charge on any atom is -0.323 e. The van der Waals surface area contributed by atoms with Gasteiger partial charge in [-0.15, -0.1) is 0 Å². The summed E-state index contributed by atoms with van der Waals surface area (Å²) in [6, 6.07) is 14.5. The average Bonchev–Trinajstić information content (AvgIpc) is 2.69. The minimum absolute atomic E-state index is 0.0644. The monoisotopic (exact) mass is 435 g/mol.